The van der Waals surface area contributed by atoms with Crippen molar-refractivity contribution in [1.82, 2.24) is 15.2 Å². The molecule has 0 bridgehead atoms. The van der Waals surface area contributed by atoms with Gasteiger partial charge in [-0.2, -0.15) is 0 Å². The van der Waals surface area contributed by atoms with Crippen molar-refractivity contribution in [3.05, 3.63) is 23.9 Å². The molecule has 1 aromatic heterocycles. The zero-order chi connectivity index (χ0) is 13.9. The second-order valence-electron chi connectivity index (χ2n) is 6.39. The third kappa shape index (κ3) is 3.49. The first-order valence-corrected chi connectivity index (χ1v) is 7.83. The van der Waals surface area contributed by atoms with E-state index < -0.39 is 0 Å². The molecular weight excluding hydrogens is 248 g/mol. The van der Waals surface area contributed by atoms with Gasteiger partial charge in [0.05, 0.1) is 5.69 Å². The van der Waals surface area contributed by atoms with E-state index in [4.69, 9.17) is 4.98 Å². The maximum atomic E-state index is 4.86. The van der Waals surface area contributed by atoms with E-state index in [-0.39, 0.29) is 0 Å². The predicted octanol–water partition coefficient (Wildman–Crippen LogP) is 1.86. The standard InChI is InChI=1S/C16H26N4/c1-19(2)12-15-6-4-10-20(15)16-7-3-5-14(18-16)11-17-13-8-9-13/h3,5,7,13,15,17H,4,6,8-12H2,1-2H3. The molecule has 2 aliphatic rings. The van der Waals surface area contributed by atoms with Gasteiger partial charge in [0.15, 0.2) is 0 Å². The van der Waals surface area contributed by atoms with Gasteiger partial charge in [-0.25, -0.2) is 4.98 Å². The van der Waals surface area contributed by atoms with Crippen LogP contribution in [-0.2, 0) is 6.54 Å². The first-order valence-electron chi connectivity index (χ1n) is 7.83. The minimum Gasteiger partial charge on any atom is -0.352 e. The summed E-state index contributed by atoms with van der Waals surface area (Å²) in [6, 6.07) is 7.81. The largest absolute Gasteiger partial charge is 0.352 e. The van der Waals surface area contributed by atoms with Crippen LogP contribution in [-0.4, -0.2) is 49.2 Å². The highest BCUT2D eigenvalue weighted by Gasteiger charge is 2.26. The molecule has 1 N–H and O–H groups in total. The number of nitrogens with one attached hydrogen (secondary N) is 1. The first kappa shape index (κ1) is 13.8. The van der Waals surface area contributed by atoms with Crippen LogP contribution in [0.25, 0.3) is 0 Å². The Morgan fingerprint density at radius 1 is 1.30 bits per heavy atom. The molecule has 4 nitrogen and oxygen atoms in total. The lowest BCUT2D eigenvalue weighted by Gasteiger charge is -2.28. The highest BCUT2D eigenvalue weighted by atomic mass is 15.3. The molecule has 1 saturated carbocycles. The zero-order valence-corrected chi connectivity index (χ0v) is 12.7. The minimum absolute atomic E-state index is 0.615. The fourth-order valence-electron chi connectivity index (χ4n) is 3.01. The molecule has 0 spiro atoms. The van der Waals surface area contributed by atoms with Crippen molar-refractivity contribution in [1.29, 1.82) is 0 Å². The van der Waals surface area contributed by atoms with Crippen molar-refractivity contribution in [3.8, 4) is 0 Å². The summed E-state index contributed by atoms with van der Waals surface area (Å²) >= 11 is 0. The van der Waals surface area contributed by atoms with Gasteiger partial charge in [0.1, 0.15) is 5.82 Å². The molecule has 4 heteroatoms. The van der Waals surface area contributed by atoms with Crippen molar-refractivity contribution in [3.63, 3.8) is 0 Å². The Kier molecular flexibility index (Phi) is 4.22. The van der Waals surface area contributed by atoms with E-state index in [1.807, 2.05) is 0 Å². The summed E-state index contributed by atoms with van der Waals surface area (Å²) in [6.45, 7) is 3.17. The Balaban J connectivity index is 1.66. The molecule has 20 heavy (non-hydrogen) atoms. The molecule has 0 aromatic carbocycles. The lowest BCUT2D eigenvalue weighted by Crippen LogP contribution is -2.38. The van der Waals surface area contributed by atoms with Crippen LogP contribution < -0.4 is 10.2 Å². The summed E-state index contributed by atoms with van der Waals surface area (Å²) < 4.78 is 0. The highest BCUT2D eigenvalue weighted by Crippen LogP contribution is 2.25. The van der Waals surface area contributed by atoms with Crippen LogP contribution in [0.15, 0.2) is 18.2 Å². The molecule has 1 aliphatic heterocycles. The smallest absolute Gasteiger partial charge is 0.129 e. The summed E-state index contributed by atoms with van der Waals surface area (Å²) in [5.74, 6) is 1.16. The molecule has 110 valence electrons. The van der Waals surface area contributed by atoms with E-state index in [1.165, 1.54) is 31.4 Å². The van der Waals surface area contributed by atoms with Crippen LogP contribution in [0.1, 0.15) is 31.4 Å². The monoisotopic (exact) mass is 274 g/mol. The van der Waals surface area contributed by atoms with Gasteiger partial charge in [0.2, 0.25) is 0 Å². The normalized spacial score (nSPS) is 22.8. The molecule has 0 amide bonds. The van der Waals surface area contributed by atoms with E-state index in [2.05, 4.69) is 47.4 Å². The maximum Gasteiger partial charge on any atom is 0.129 e. The second kappa shape index (κ2) is 6.10. The number of anilines is 1. The van der Waals surface area contributed by atoms with Gasteiger partial charge in [0.25, 0.3) is 0 Å². The fraction of sp³-hybridized carbons (Fsp3) is 0.688. The Hall–Kier alpha value is -1.13. The van der Waals surface area contributed by atoms with Crippen molar-refractivity contribution in [2.45, 2.75) is 44.3 Å². The number of hydrogen-bond acceptors (Lipinski definition) is 4. The van der Waals surface area contributed by atoms with E-state index in [0.29, 0.717) is 6.04 Å². The zero-order valence-electron chi connectivity index (χ0n) is 12.7. The molecule has 2 heterocycles. The quantitative estimate of drug-likeness (QED) is 0.858. The van der Waals surface area contributed by atoms with Gasteiger partial charge in [-0.1, -0.05) is 6.07 Å². The van der Waals surface area contributed by atoms with Crippen LogP contribution in [0.5, 0.6) is 0 Å². The lowest BCUT2D eigenvalue weighted by molar-refractivity contribution is 0.371. The van der Waals surface area contributed by atoms with Gasteiger partial charge in [-0.3, -0.25) is 0 Å². The molecule has 3 rings (SSSR count). The highest BCUT2D eigenvalue weighted by molar-refractivity contribution is 5.42. The first-order chi connectivity index (χ1) is 9.72. The Morgan fingerprint density at radius 2 is 2.15 bits per heavy atom. The van der Waals surface area contributed by atoms with E-state index in [9.17, 15) is 0 Å². The van der Waals surface area contributed by atoms with Gasteiger partial charge >= 0.3 is 0 Å². The summed E-state index contributed by atoms with van der Waals surface area (Å²) in [6.07, 6.45) is 5.22. The average molecular weight is 274 g/mol. The molecule has 1 aromatic rings. The summed E-state index contributed by atoms with van der Waals surface area (Å²) in [4.78, 5) is 9.62. The Labute approximate surface area is 122 Å². The predicted molar refractivity (Wildman–Crippen MR) is 83.0 cm³/mol. The third-order valence-corrected chi connectivity index (χ3v) is 4.19. The molecular formula is C16H26N4. The topological polar surface area (TPSA) is 31.4 Å². The second-order valence-corrected chi connectivity index (χ2v) is 6.39. The average Bonchev–Trinajstić information content (AvgIpc) is 3.15. The van der Waals surface area contributed by atoms with Crippen LogP contribution in [0.4, 0.5) is 5.82 Å². The van der Waals surface area contributed by atoms with Crippen molar-refractivity contribution in [2.24, 2.45) is 0 Å². The van der Waals surface area contributed by atoms with Crippen molar-refractivity contribution < 1.29 is 0 Å². The Bertz CT molecular complexity index is 442. The molecule has 1 saturated heterocycles. The van der Waals surface area contributed by atoms with Crippen molar-refractivity contribution in [2.75, 3.05) is 32.1 Å². The van der Waals surface area contributed by atoms with E-state index >= 15 is 0 Å². The summed E-state index contributed by atoms with van der Waals surface area (Å²) in [5, 5.41) is 3.54. The van der Waals surface area contributed by atoms with Gasteiger partial charge < -0.3 is 15.1 Å². The lowest BCUT2D eigenvalue weighted by atomic mass is 10.2. The maximum absolute atomic E-state index is 4.86. The SMILES string of the molecule is CN(C)CC1CCCN1c1cccc(CNC2CC2)n1. The van der Waals surface area contributed by atoms with E-state index in [1.54, 1.807) is 0 Å². The number of aromatic nitrogens is 1. The Morgan fingerprint density at radius 3 is 2.90 bits per heavy atom. The number of likely N-dealkylation sites (N-methyl/N-ethyl adjacent to an activating group) is 1. The van der Waals surface area contributed by atoms with E-state index in [0.717, 1.165) is 31.5 Å². The molecule has 2 fully saturated rings. The van der Waals surface area contributed by atoms with Crippen LogP contribution in [0.2, 0.25) is 0 Å². The molecule has 1 unspecified atom stereocenters. The number of pyridine rings is 1. The summed E-state index contributed by atoms with van der Waals surface area (Å²) in [7, 11) is 4.31. The summed E-state index contributed by atoms with van der Waals surface area (Å²) in [5.41, 5.74) is 1.17. The molecule has 0 radical (unpaired) electrons. The molecule has 1 atom stereocenters. The van der Waals surface area contributed by atoms with Crippen LogP contribution in [0, 0.1) is 0 Å². The van der Waals surface area contributed by atoms with Gasteiger partial charge in [-0.05, 0) is 51.9 Å². The number of hydrogen-bond donors (Lipinski definition) is 1. The molecule has 1 aliphatic carbocycles. The van der Waals surface area contributed by atoms with Crippen molar-refractivity contribution >= 4 is 5.82 Å². The third-order valence-electron chi connectivity index (χ3n) is 4.19. The number of nitrogens with zero attached hydrogens (tertiary/aromatic N) is 3. The van der Waals surface area contributed by atoms with Crippen LogP contribution in [0.3, 0.4) is 0 Å². The fourth-order valence-corrected chi connectivity index (χ4v) is 3.01. The minimum atomic E-state index is 0.615. The number of rotatable bonds is 6. The van der Waals surface area contributed by atoms with Gasteiger partial charge in [-0.15, -0.1) is 0 Å². The van der Waals surface area contributed by atoms with Crippen LogP contribution >= 0.6 is 0 Å². The van der Waals surface area contributed by atoms with Gasteiger partial charge in [0, 0.05) is 31.7 Å².